The van der Waals surface area contributed by atoms with Crippen molar-refractivity contribution in [3.63, 3.8) is 0 Å². The van der Waals surface area contributed by atoms with Crippen LogP contribution in [0.3, 0.4) is 0 Å². The predicted octanol–water partition coefficient (Wildman–Crippen LogP) is 1.34. The Kier molecular flexibility index (Phi) is 3.96. The van der Waals surface area contributed by atoms with Gasteiger partial charge in [-0.05, 0) is 30.3 Å². The van der Waals surface area contributed by atoms with E-state index in [2.05, 4.69) is 15.6 Å². The molecule has 2 aromatic carbocycles. The number of nitrogens with zero attached hydrogens (tertiary/aromatic N) is 3. The first-order chi connectivity index (χ1) is 12.6. The van der Waals surface area contributed by atoms with Crippen LogP contribution in [-0.2, 0) is 11.3 Å². The molecule has 1 aliphatic heterocycles. The highest BCUT2D eigenvalue weighted by molar-refractivity contribution is 5.90. The number of halogens is 1. The minimum absolute atomic E-state index is 0.277. The minimum atomic E-state index is -0.482. The molecular formula is C17H13FN4O4. The molecule has 1 N–H and O–H groups in total. The lowest BCUT2D eigenvalue weighted by molar-refractivity contribution is -0.117. The highest BCUT2D eigenvalue weighted by Gasteiger charge is 2.17. The standard InChI is InChI=1S/C17H13FN4O4/c18-10-1-3-11(4-2-10)19-16(23)9-22-17(24)12-7-14-15(26-6-5-25-14)8-13(12)20-21-22/h1-4,7-8H,5-6,9H2,(H,19,23). The van der Waals surface area contributed by atoms with Gasteiger partial charge in [0.15, 0.2) is 11.5 Å². The fraction of sp³-hybridized carbons (Fsp3) is 0.176. The molecule has 2 heterocycles. The third-order valence-corrected chi connectivity index (χ3v) is 3.81. The normalized spacial score (nSPS) is 12.8. The predicted molar refractivity (Wildman–Crippen MR) is 89.8 cm³/mol. The van der Waals surface area contributed by atoms with Gasteiger partial charge in [-0.25, -0.2) is 9.07 Å². The molecule has 1 amide bonds. The van der Waals surface area contributed by atoms with E-state index < -0.39 is 17.3 Å². The molecule has 0 spiro atoms. The van der Waals surface area contributed by atoms with Crippen LogP contribution in [0, 0.1) is 5.82 Å². The van der Waals surface area contributed by atoms with Gasteiger partial charge >= 0.3 is 0 Å². The third-order valence-electron chi connectivity index (χ3n) is 3.81. The van der Waals surface area contributed by atoms with E-state index in [1.165, 1.54) is 30.3 Å². The van der Waals surface area contributed by atoms with Crippen molar-refractivity contribution in [1.82, 2.24) is 15.0 Å². The number of hydrogen-bond donors (Lipinski definition) is 1. The van der Waals surface area contributed by atoms with E-state index in [1.807, 2.05) is 0 Å². The molecule has 0 saturated heterocycles. The first-order valence-corrected chi connectivity index (χ1v) is 7.83. The minimum Gasteiger partial charge on any atom is -0.486 e. The van der Waals surface area contributed by atoms with Crippen molar-refractivity contribution in [2.24, 2.45) is 0 Å². The molecule has 1 aliphatic rings. The van der Waals surface area contributed by atoms with Gasteiger partial charge in [-0.3, -0.25) is 9.59 Å². The van der Waals surface area contributed by atoms with Crippen molar-refractivity contribution >= 4 is 22.5 Å². The summed E-state index contributed by atoms with van der Waals surface area (Å²) in [4.78, 5) is 24.7. The molecule has 3 aromatic rings. The van der Waals surface area contributed by atoms with Gasteiger partial charge in [-0.2, -0.15) is 0 Å². The number of anilines is 1. The van der Waals surface area contributed by atoms with E-state index in [-0.39, 0.29) is 11.9 Å². The van der Waals surface area contributed by atoms with Crippen molar-refractivity contribution < 1.29 is 18.7 Å². The SMILES string of the molecule is O=C(Cn1nnc2cc3c(cc2c1=O)OCCO3)Nc1ccc(F)cc1. The number of rotatable bonds is 3. The molecule has 0 radical (unpaired) electrons. The van der Waals surface area contributed by atoms with Crippen LogP contribution in [0.2, 0.25) is 0 Å². The Labute approximate surface area is 146 Å². The van der Waals surface area contributed by atoms with Crippen molar-refractivity contribution in [2.45, 2.75) is 6.54 Å². The summed E-state index contributed by atoms with van der Waals surface area (Å²) in [6.45, 7) is 0.492. The lowest BCUT2D eigenvalue weighted by atomic mass is 10.2. The first kappa shape index (κ1) is 16.0. The molecule has 0 saturated carbocycles. The molecule has 0 unspecified atom stereocenters. The molecule has 1 aromatic heterocycles. The van der Waals surface area contributed by atoms with E-state index in [4.69, 9.17) is 9.47 Å². The Morgan fingerprint density at radius 1 is 1.15 bits per heavy atom. The van der Waals surface area contributed by atoms with Gasteiger partial charge in [0.2, 0.25) is 5.91 Å². The number of aromatic nitrogens is 3. The van der Waals surface area contributed by atoms with Crippen molar-refractivity contribution in [1.29, 1.82) is 0 Å². The van der Waals surface area contributed by atoms with Gasteiger partial charge in [0.05, 0.1) is 5.39 Å². The monoisotopic (exact) mass is 356 g/mol. The maximum Gasteiger partial charge on any atom is 0.278 e. The fourth-order valence-corrected chi connectivity index (χ4v) is 2.59. The van der Waals surface area contributed by atoms with Gasteiger partial charge in [-0.1, -0.05) is 5.21 Å². The zero-order valence-corrected chi connectivity index (χ0v) is 13.4. The molecule has 132 valence electrons. The van der Waals surface area contributed by atoms with E-state index in [0.29, 0.717) is 35.9 Å². The van der Waals surface area contributed by atoms with Crippen LogP contribution < -0.4 is 20.3 Å². The Balaban J connectivity index is 1.60. The average molecular weight is 356 g/mol. The van der Waals surface area contributed by atoms with Crippen LogP contribution in [0.4, 0.5) is 10.1 Å². The largest absolute Gasteiger partial charge is 0.486 e. The van der Waals surface area contributed by atoms with Crippen molar-refractivity contribution in [2.75, 3.05) is 18.5 Å². The summed E-state index contributed by atoms with van der Waals surface area (Å²) in [6, 6.07) is 8.42. The molecule has 8 nitrogen and oxygen atoms in total. The van der Waals surface area contributed by atoms with Crippen LogP contribution >= 0.6 is 0 Å². The summed E-state index contributed by atoms with van der Waals surface area (Å²) < 4.78 is 24.8. The van der Waals surface area contributed by atoms with Gasteiger partial charge < -0.3 is 14.8 Å². The lowest BCUT2D eigenvalue weighted by Gasteiger charge is -2.18. The van der Waals surface area contributed by atoms with E-state index in [9.17, 15) is 14.0 Å². The number of fused-ring (bicyclic) bond motifs is 2. The summed E-state index contributed by atoms with van der Waals surface area (Å²) >= 11 is 0. The second-order valence-corrected chi connectivity index (χ2v) is 5.62. The topological polar surface area (TPSA) is 95.3 Å². The fourth-order valence-electron chi connectivity index (χ4n) is 2.59. The summed E-state index contributed by atoms with van der Waals surface area (Å²) in [5.41, 5.74) is 0.300. The van der Waals surface area contributed by atoms with E-state index >= 15 is 0 Å². The highest BCUT2D eigenvalue weighted by atomic mass is 19.1. The van der Waals surface area contributed by atoms with Gasteiger partial charge in [0, 0.05) is 11.8 Å². The van der Waals surface area contributed by atoms with E-state index in [0.717, 1.165) is 4.68 Å². The lowest BCUT2D eigenvalue weighted by Crippen LogP contribution is -2.30. The quantitative estimate of drug-likeness (QED) is 0.761. The van der Waals surface area contributed by atoms with Crippen LogP contribution in [-0.4, -0.2) is 34.1 Å². The second kappa shape index (κ2) is 6.43. The Bertz CT molecular complexity index is 1050. The van der Waals surface area contributed by atoms with Crippen molar-refractivity contribution in [3.8, 4) is 11.5 Å². The third kappa shape index (κ3) is 3.06. The summed E-state index contributed by atoms with van der Waals surface area (Å²) in [7, 11) is 0. The van der Waals surface area contributed by atoms with Crippen LogP contribution in [0.15, 0.2) is 41.2 Å². The summed E-state index contributed by atoms with van der Waals surface area (Å²) in [5.74, 6) is 0.0689. The van der Waals surface area contributed by atoms with E-state index in [1.54, 1.807) is 6.07 Å². The highest BCUT2D eigenvalue weighted by Crippen LogP contribution is 2.32. The Morgan fingerprint density at radius 2 is 1.85 bits per heavy atom. The summed E-state index contributed by atoms with van der Waals surface area (Å²) in [5, 5.41) is 10.6. The van der Waals surface area contributed by atoms with Crippen molar-refractivity contribution in [3.05, 3.63) is 52.6 Å². The molecular weight excluding hydrogens is 343 g/mol. The number of carbonyl (C=O) groups excluding carboxylic acids is 1. The number of hydrogen-bond acceptors (Lipinski definition) is 6. The number of amides is 1. The molecule has 0 atom stereocenters. The molecule has 9 heteroatoms. The van der Waals surface area contributed by atoms with Gasteiger partial charge in [0.1, 0.15) is 31.1 Å². The average Bonchev–Trinajstić information content (AvgIpc) is 2.65. The molecule has 4 rings (SSSR count). The second-order valence-electron chi connectivity index (χ2n) is 5.62. The molecule has 26 heavy (non-hydrogen) atoms. The Morgan fingerprint density at radius 3 is 2.58 bits per heavy atom. The zero-order valence-electron chi connectivity index (χ0n) is 13.4. The molecule has 0 aliphatic carbocycles. The molecule has 0 bridgehead atoms. The maximum atomic E-state index is 12.9. The number of ether oxygens (including phenoxy) is 2. The first-order valence-electron chi connectivity index (χ1n) is 7.83. The number of nitrogens with one attached hydrogen (secondary N) is 1. The maximum absolute atomic E-state index is 12.9. The van der Waals surface area contributed by atoms with Gasteiger partial charge in [-0.15, -0.1) is 5.10 Å². The van der Waals surface area contributed by atoms with Gasteiger partial charge in [0.25, 0.3) is 5.56 Å². The van der Waals surface area contributed by atoms with Crippen LogP contribution in [0.25, 0.3) is 10.9 Å². The Hall–Kier alpha value is -3.49. The smallest absolute Gasteiger partial charge is 0.278 e. The number of carbonyl (C=O) groups is 1. The number of benzene rings is 2. The van der Waals surface area contributed by atoms with Crippen LogP contribution in [0.1, 0.15) is 0 Å². The molecule has 0 fully saturated rings. The van der Waals surface area contributed by atoms with Crippen LogP contribution in [0.5, 0.6) is 11.5 Å². The zero-order chi connectivity index (χ0) is 18.1. The summed E-state index contributed by atoms with van der Waals surface area (Å²) in [6.07, 6.45) is 0.